The van der Waals surface area contributed by atoms with Crippen molar-refractivity contribution >= 4 is 45.8 Å². The van der Waals surface area contributed by atoms with E-state index in [0.29, 0.717) is 35.8 Å². The standard InChI is InChI=1S/C23H27ClFN3O4S/c1-13-11-18(27-20(29)16-6-5-14(25)12-17(16)24)33-19(13)21(30)28-9-7-15(8-10-28)26-22(31)32-23(2,3)4/h5-6,11-12,15H,7-10H2,1-4H3,(H,26,31)(H,27,29). The number of likely N-dealkylation sites (tertiary alicyclic amines) is 1. The third-order valence-electron chi connectivity index (χ3n) is 5.03. The topological polar surface area (TPSA) is 87.7 Å². The van der Waals surface area contributed by atoms with Crippen LogP contribution in [0.1, 0.15) is 59.2 Å². The van der Waals surface area contributed by atoms with Crippen molar-refractivity contribution in [2.75, 3.05) is 18.4 Å². The number of nitrogens with one attached hydrogen (secondary N) is 2. The molecule has 33 heavy (non-hydrogen) atoms. The van der Waals surface area contributed by atoms with Gasteiger partial charge in [-0.1, -0.05) is 11.6 Å². The van der Waals surface area contributed by atoms with Crippen LogP contribution in [-0.2, 0) is 4.74 Å². The van der Waals surface area contributed by atoms with E-state index in [-0.39, 0.29) is 22.5 Å². The molecular weight excluding hydrogens is 469 g/mol. The first kappa shape index (κ1) is 25.0. The molecule has 10 heteroatoms. The lowest BCUT2D eigenvalue weighted by atomic mass is 10.0. The van der Waals surface area contributed by atoms with Crippen molar-refractivity contribution in [3.63, 3.8) is 0 Å². The zero-order chi connectivity index (χ0) is 24.3. The summed E-state index contributed by atoms with van der Waals surface area (Å²) in [4.78, 5) is 39.8. The molecule has 178 valence electrons. The summed E-state index contributed by atoms with van der Waals surface area (Å²) in [5.74, 6) is -1.12. The van der Waals surface area contributed by atoms with Crippen molar-refractivity contribution in [1.82, 2.24) is 10.2 Å². The van der Waals surface area contributed by atoms with E-state index in [9.17, 15) is 18.8 Å². The first-order valence-corrected chi connectivity index (χ1v) is 11.8. The summed E-state index contributed by atoms with van der Waals surface area (Å²) in [6.45, 7) is 8.24. The molecule has 0 bridgehead atoms. The van der Waals surface area contributed by atoms with Crippen LogP contribution in [0.2, 0.25) is 5.02 Å². The van der Waals surface area contributed by atoms with Crippen LogP contribution >= 0.6 is 22.9 Å². The van der Waals surface area contributed by atoms with Crippen molar-refractivity contribution in [2.24, 2.45) is 0 Å². The summed E-state index contributed by atoms with van der Waals surface area (Å²) in [6.07, 6.45) is 0.799. The van der Waals surface area contributed by atoms with E-state index >= 15 is 0 Å². The van der Waals surface area contributed by atoms with Gasteiger partial charge in [-0.05, 0) is 70.4 Å². The molecule has 0 saturated carbocycles. The number of benzene rings is 1. The third-order valence-corrected chi connectivity index (χ3v) is 6.48. The average molecular weight is 496 g/mol. The zero-order valence-corrected chi connectivity index (χ0v) is 20.5. The number of hydrogen-bond acceptors (Lipinski definition) is 5. The highest BCUT2D eigenvalue weighted by Crippen LogP contribution is 2.30. The largest absolute Gasteiger partial charge is 0.444 e. The third kappa shape index (κ3) is 6.68. The highest BCUT2D eigenvalue weighted by atomic mass is 35.5. The number of thiophene rings is 1. The van der Waals surface area contributed by atoms with Crippen LogP contribution in [-0.4, -0.2) is 47.5 Å². The minimum absolute atomic E-state index is 0.0138. The number of carbonyl (C=O) groups is 3. The van der Waals surface area contributed by atoms with Gasteiger partial charge in [-0.15, -0.1) is 11.3 Å². The quantitative estimate of drug-likeness (QED) is 0.608. The predicted octanol–water partition coefficient (Wildman–Crippen LogP) is 5.23. The fraction of sp³-hybridized carbons (Fsp3) is 0.435. The molecule has 0 aliphatic carbocycles. The zero-order valence-electron chi connectivity index (χ0n) is 19.0. The molecule has 0 radical (unpaired) electrons. The van der Waals surface area contributed by atoms with Crippen LogP contribution in [0.15, 0.2) is 24.3 Å². The van der Waals surface area contributed by atoms with Gasteiger partial charge in [-0.2, -0.15) is 0 Å². The van der Waals surface area contributed by atoms with Crippen LogP contribution < -0.4 is 10.6 Å². The fourth-order valence-electron chi connectivity index (χ4n) is 3.45. The second kappa shape index (κ2) is 10.1. The molecule has 2 N–H and O–H groups in total. The maximum Gasteiger partial charge on any atom is 0.407 e. The van der Waals surface area contributed by atoms with Crippen molar-refractivity contribution in [1.29, 1.82) is 0 Å². The summed E-state index contributed by atoms with van der Waals surface area (Å²) in [5.41, 5.74) is 0.336. The van der Waals surface area contributed by atoms with Gasteiger partial charge in [0.1, 0.15) is 11.4 Å². The number of rotatable bonds is 4. The molecule has 1 aromatic carbocycles. The number of anilines is 1. The highest BCUT2D eigenvalue weighted by Gasteiger charge is 2.28. The number of carbonyl (C=O) groups excluding carboxylic acids is 3. The number of amides is 3. The maximum absolute atomic E-state index is 13.2. The van der Waals surface area contributed by atoms with Crippen LogP contribution in [0, 0.1) is 12.7 Å². The van der Waals surface area contributed by atoms with Crippen molar-refractivity contribution < 1.29 is 23.5 Å². The molecule has 3 amide bonds. The van der Waals surface area contributed by atoms with Crippen molar-refractivity contribution in [2.45, 2.75) is 52.2 Å². The Hall–Kier alpha value is -2.65. The molecule has 0 spiro atoms. The van der Waals surface area contributed by atoms with E-state index in [1.807, 2.05) is 20.8 Å². The van der Waals surface area contributed by atoms with E-state index in [1.165, 1.54) is 17.4 Å². The minimum Gasteiger partial charge on any atom is -0.444 e. The molecule has 1 saturated heterocycles. The van der Waals surface area contributed by atoms with Gasteiger partial charge in [0.05, 0.1) is 20.5 Å². The Kier molecular flexibility index (Phi) is 7.64. The fourth-order valence-corrected chi connectivity index (χ4v) is 4.74. The normalized spacial score (nSPS) is 14.7. The number of hydrogen-bond donors (Lipinski definition) is 2. The SMILES string of the molecule is Cc1cc(NC(=O)c2ccc(F)cc2Cl)sc1C(=O)N1CCC(NC(=O)OC(C)(C)C)CC1. The van der Waals surface area contributed by atoms with Gasteiger partial charge in [0, 0.05) is 19.1 Å². The van der Waals surface area contributed by atoms with Crippen LogP contribution in [0.3, 0.4) is 0 Å². The monoisotopic (exact) mass is 495 g/mol. The summed E-state index contributed by atoms with van der Waals surface area (Å²) < 4.78 is 18.5. The van der Waals surface area contributed by atoms with E-state index < -0.39 is 23.4 Å². The molecule has 1 aliphatic rings. The molecule has 1 fully saturated rings. The summed E-state index contributed by atoms with van der Waals surface area (Å²) in [6, 6.07) is 5.23. The number of alkyl carbamates (subject to hydrolysis) is 1. The summed E-state index contributed by atoms with van der Waals surface area (Å²) in [7, 11) is 0. The molecule has 7 nitrogen and oxygen atoms in total. The van der Waals surface area contributed by atoms with Crippen LogP contribution in [0.5, 0.6) is 0 Å². The second-order valence-electron chi connectivity index (χ2n) is 8.91. The van der Waals surface area contributed by atoms with E-state index in [1.54, 1.807) is 17.9 Å². The van der Waals surface area contributed by atoms with Gasteiger partial charge in [-0.3, -0.25) is 9.59 Å². The smallest absolute Gasteiger partial charge is 0.407 e. The Morgan fingerprint density at radius 2 is 1.85 bits per heavy atom. The number of halogens is 2. The van der Waals surface area contributed by atoms with E-state index in [0.717, 1.165) is 17.7 Å². The Morgan fingerprint density at radius 3 is 2.45 bits per heavy atom. The number of piperidine rings is 1. The molecule has 1 aromatic heterocycles. The van der Waals surface area contributed by atoms with Gasteiger partial charge in [0.15, 0.2) is 0 Å². The highest BCUT2D eigenvalue weighted by molar-refractivity contribution is 7.18. The number of aryl methyl sites for hydroxylation is 1. The maximum atomic E-state index is 13.2. The molecule has 1 aliphatic heterocycles. The predicted molar refractivity (Wildman–Crippen MR) is 127 cm³/mol. The lowest BCUT2D eigenvalue weighted by Crippen LogP contribution is -2.47. The van der Waals surface area contributed by atoms with Gasteiger partial charge in [0.2, 0.25) is 0 Å². The second-order valence-corrected chi connectivity index (χ2v) is 10.4. The number of ether oxygens (including phenoxy) is 1. The molecule has 0 unspecified atom stereocenters. The lowest BCUT2D eigenvalue weighted by molar-refractivity contribution is 0.0474. The molecule has 0 atom stereocenters. The van der Waals surface area contributed by atoms with E-state index in [4.69, 9.17) is 16.3 Å². The molecule has 3 rings (SSSR count). The first-order chi connectivity index (χ1) is 15.4. The van der Waals surface area contributed by atoms with Crippen LogP contribution in [0.4, 0.5) is 14.2 Å². The Bertz CT molecular complexity index is 1060. The van der Waals surface area contributed by atoms with E-state index in [2.05, 4.69) is 10.6 Å². The summed E-state index contributed by atoms with van der Waals surface area (Å²) in [5, 5.41) is 6.10. The van der Waals surface area contributed by atoms with Gasteiger partial charge in [-0.25, -0.2) is 9.18 Å². The average Bonchev–Trinajstić information content (AvgIpc) is 3.06. The van der Waals surface area contributed by atoms with Gasteiger partial charge >= 0.3 is 6.09 Å². The van der Waals surface area contributed by atoms with Crippen LogP contribution in [0.25, 0.3) is 0 Å². The molecular formula is C23H27ClFN3O4S. The summed E-state index contributed by atoms with van der Waals surface area (Å²) >= 11 is 7.14. The molecule has 2 aromatic rings. The minimum atomic E-state index is -0.563. The van der Waals surface area contributed by atoms with Gasteiger partial charge < -0.3 is 20.3 Å². The van der Waals surface area contributed by atoms with Crippen molar-refractivity contribution in [3.05, 3.63) is 51.1 Å². The Labute approximate surface area is 201 Å². The Balaban J connectivity index is 1.58. The Morgan fingerprint density at radius 1 is 1.18 bits per heavy atom. The lowest BCUT2D eigenvalue weighted by Gasteiger charge is -2.32. The molecule has 2 heterocycles. The van der Waals surface area contributed by atoms with Gasteiger partial charge in [0.25, 0.3) is 11.8 Å². The number of nitrogens with zero attached hydrogens (tertiary/aromatic N) is 1. The first-order valence-electron chi connectivity index (χ1n) is 10.6. The van der Waals surface area contributed by atoms with Crippen molar-refractivity contribution in [3.8, 4) is 0 Å².